The Hall–Kier alpha value is -2.62. The van der Waals surface area contributed by atoms with Crippen molar-refractivity contribution >= 4 is 11.5 Å². The van der Waals surface area contributed by atoms with Crippen molar-refractivity contribution in [2.75, 3.05) is 5.32 Å². The summed E-state index contributed by atoms with van der Waals surface area (Å²) in [6.07, 6.45) is 0.774. The molecule has 1 aliphatic carbocycles. The predicted molar refractivity (Wildman–Crippen MR) is 76.5 cm³/mol. The Balaban J connectivity index is 1.73. The summed E-state index contributed by atoms with van der Waals surface area (Å²) in [5, 5.41) is 10.6. The molecule has 4 rings (SSSR count). The molecule has 0 atom stereocenters. The quantitative estimate of drug-likeness (QED) is 0.577. The number of nitrogens with one attached hydrogen (secondary N) is 2. The Labute approximate surface area is 115 Å². The number of benzene rings is 2. The van der Waals surface area contributed by atoms with Crippen LogP contribution in [0.5, 0.6) is 0 Å². The molecule has 20 heavy (non-hydrogen) atoms. The first kappa shape index (κ1) is 11.2. The van der Waals surface area contributed by atoms with Gasteiger partial charge in [0.25, 0.3) is 0 Å². The minimum absolute atomic E-state index is 0.225. The lowest BCUT2D eigenvalue weighted by Gasteiger charge is -2.05. The molecule has 2 aromatic carbocycles. The van der Waals surface area contributed by atoms with Crippen LogP contribution in [0.2, 0.25) is 0 Å². The first-order valence-electron chi connectivity index (χ1n) is 6.49. The first-order valence-corrected chi connectivity index (χ1v) is 6.49. The third kappa shape index (κ3) is 1.69. The molecule has 1 aliphatic rings. The Morgan fingerprint density at radius 2 is 1.95 bits per heavy atom. The number of H-pyrrole nitrogens is 1. The van der Waals surface area contributed by atoms with Crippen molar-refractivity contribution in [3.63, 3.8) is 0 Å². The Morgan fingerprint density at radius 3 is 2.80 bits per heavy atom. The van der Waals surface area contributed by atoms with Gasteiger partial charge in [-0.1, -0.05) is 24.3 Å². The monoisotopic (exact) mass is 265 g/mol. The molecule has 3 aromatic rings. The third-order valence-corrected chi connectivity index (χ3v) is 3.60. The van der Waals surface area contributed by atoms with Gasteiger partial charge < -0.3 is 5.32 Å². The van der Waals surface area contributed by atoms with E-state index in [1.165, 1.54) is 6.07 Å². The molecule has 0 amide bonds. The second kappa shape index (κ2) is 4.20. The van der Waals surface area contributed by atoms with Gasteiger partial charge in [0.15, 0.2) is 0 Å². The minimum atomic E-state index is -0.225. The van der Waals surface area contributed by atoms with E-state index in [-0.39, 0.29) is 5.82 Å². The Morgan fingerprint density at radius 1 is 1.10 bits per heavy atom. The van der Waals surface area contributed by atoms with Crippen LogP contribution in [-0.2, 0) is 6.42 Å². The van der Waals surface area contributed by atoms with Crippen LogP contribution in [0.25, 0.3) is 11.3 Å². The molecule has 0 saturated carbocycles. The molecule has 1 heterocycles. The van der Waals surface area contributed by atoms with Gasteiger partial charge in [0.05, 0.1) is 5.69 Å². The normalized spacial score (nSPS) is 12.1. The highest BCUT2D eigenvalue weighted by Crippen LogP contribution is 2.39. The van der Waals surface area contributed by atoms with Gasteiger partial charge in [-0.3, -0.25) is 5.10 Å². The molecule has 0 radical (unpaired) electrons. The van der Waals surface area contributed by atoms with Crippen molar-refractivity contribution in [1.82, 2.24) is 10.2 Å². The van der Waals surface area contributed by atoms with Crippen LogP contribution >= 0.6 is 0 Å². The van der Waals surface area contributed by atoms with Crippen molar-refractivity contribution in [2.45, 2.75) is 6.42 Å². The molecule has 3 nitrogen and oxygen atoms in total. The van der Waals surface area contributed by atoms with Crippen LogP contribution in [0.1, 0.15) is 11.1 Å². The van der Waals surface area contributed by atoms with Crippen molar-refractivity contribution in [3.05, 3.63) is 65.5 Å². The number of anilines is 2. The zero-order valence-corrected chi connectivity index (χ0v) is 10.7. The first-order chi connectivity index (χ1) is 9.81. The molecular weight excluding hydrogens is 253 g/mol. The lowest BCUT2D eigenvalue weighted by molar-refractivity contribution is 0.628. The lowest BCUT2D eigenvalue weighted by Crippen LogP contribution is -1.94. The second-order valence-electron chi connectivity index (χ2n) is 4.90. The van der Waals surface area contributed by atoms with E-state index in [0.717, 1.165) is 40.3 Å². The van der Waals surface area contributed by atoms with E-state index in [1.54, 1.807) is 6.07 Å². The number of hydrogen-bond acceptors (Lipinski definition) is 2. The van der Waals surface area contributed by atoms with Crippen LogP contribution in [0.15, 0.2) is 48.5 Å². The summed E-state index contributed by atoms with van der Waals surface area (Å²) >= 11 is 0. The van der Waals surface area contributed by atoms with Gasteiger partial charge >= 0.3 is 0 Å². The van der Waals surface area contributed by atoms with Gasteiger partial charge in [-0.15, -0.1) is 0 Å². The standard InChI is InChI=1S/C16H12FN3/c17-11-7-6-10-8-14-15(13(10)9-11)19-20-16(14)18-12-4-2-1-3-5-12/h1-7,9H,8H2,(H2,18,19,20). The molecular formula is C16H12FN3. The number of para-hydroxylation sites is 1. The van der Waals surface area contributed by atoms with E-state index in [4.69, 9.17) is 0 Å². The molecule has 0 unspecified atom stereocenters. The van der Waals surface area contributed by atoms with Crippen LogP contribution < -0.4 is 5.32 Å². The number of aromatic amines is 1. The van der Waals surface area contributed by atoms with E-state index in [9.17, 15) is 4.39 Å². The average molecular weight is 265 g/mol. The van der Waals surface area contributed by atoms with Gasteiger partial charge in [0, 0.05) is 23.2 Å². The number of hydrogen-bond donors (Lipinski definition) is 2. The van der Waals surface area contributed by atoms with Crippen molar-refractivity contribution in [2.24, 2.45) is 0 Å². The zero-order valence-electron chi connectivity index (χ0n) is 10.7. The van der Waals surface area contributed by atoms with Crippen molar-refractivity contribution in [1.29, 1.82) is 0 Å². The summed E-state index contributed by atoms with van der Waals surface area (Å²) < 4.78 is 13.4. The summed E-state index contributed by atoms with van der Waals surface area (Å²) in [5.74, 6) is 0.653. The van der Waals surface area contributed by atoms with E-state index < -0.39 is 0 Å². The van der Waals surface area contributed by atoms with Crippen LogP contribution in [0.3, 0.4) is 0 Å². The predicted octanol–water partition coefficient (Wildman–Crippen LogP) is 3.86. The van der Waals surface area contributed by atoms with Crippen LogP contribution in [0, 0.1) is 5.82 Å². The van der Waals surface area contributed by atoms with Gasteiger partial charge in [-0.25, -0.2) is 4.39 Å². The second-order valence-corrected chi connectivity index (χ2v) is 4.90. The highest BCUT2D eigenvalue weighted by Gasteiger charge is 2.25. The van der Waals surface area contributed by atoms with Crippen molar-refractivity contribution < 1.29 is 4.39 Å². The molecule has 0 spiro atoms. The largest absolute Gasteiger partial charge is 0.340 e. The summed E-state index contributed by atoms with van der Waals surface area (Å²) in [7, 11) is 0. The van der Waals surface area contributed by atoms with Gasteiger partial charge in [0.1, 0.15) is 11.6 Å². The lowest BCUT2D eigenvalue weighted by atomic mass is 10.1. The smallest absolute Gasteiger partial charge is 0.130 e. The Kier molecular flexibility index (Phi) is 2.36. The minimum Gasteiger partial charge on any atom is -0.340 e. The fourth-order valence-corrected chi connectivity index (χ4v) is 2.64. The maximum Gasteiger partial charge on any atom is 0.130 e. The van der Waals surface area contributed by atoms with Crippen molar-refractivity contribution in [3.8, 4) is 11.3 Å². The molecule has 98 valence electrons. The third-order valence-electron chi connectivity index (χ3n) is 3.60. The molecule has 0 saturated heterocycles. The number of fused-ring (bicyclic) bond motifs is 3. The average Bonchev–Trinajstić information content (AvgIpc) is 3.00. The highest BCUT2D eigenvalue weighted by atomic mass is 19.1. The topological polar surface area (TPSA) is 40.7 Å². The molecule has 4 heteroatoms. The van der Waals surface area contributed by atoms with Gasteiger partial charge in [-0.05, 0) is 29.8 Å². The summed E-state index contributed by atoms with van der Waals surface area (Å²) in [5.41, 5.74) is 4.94. The van der Waals surface area contributed by atoms with Crippen LogP contribution in [0.4, 0.5) is 15.9 Å². The fourth-order valence-electron chi connectivity index (χ4n) is 2.64. The summed E-state index contributed by atoms with van der Waals surface area (Å²) in [6, 6.07) is 14.8. The number of halogens is 1. The molecule has 0 bridgehead atoms. The molecule has 1 aromatic heterocycles. The zero-order chi connectivity index (χ0) is 13.5. The fraction of sp³-hybridized carbons (Fsp3) is 0.0625. The van der Waals surface area contributed by atoms with E-state index in [2.05, 4.69) is 15.5 Å². The van der Waals surface area contributed by atoms with Crippen LogP contribution in [-0.4, -0.2) is 10.2 Å². The van der Waals surface area contributed by atoms with E-state index in [1.807, 2.05) is 36.4 Å². The van der Waals surface area contributed by atoms with Gasteiger partial charge in [-0.2, -0.15) is 5.10 Å². The maximum atomic E-state index is 13.4. The Bertz CT molecular complexity index is 778. The highest BCUT2D eigenvalue weighted by molar-refractivity contribution is 5.79. The maximum absolute atomic E-state index is 13.4. The number of nitrogens with zero attached hydrogens (tertiary/aromatic N) is 1. The number of rotatable bonds is 2. The summed E-state index contributed by atoms with van der Waals surface area (Å²) in [6.45, 7) is 0. The molecule has 0 aliphatic heterocycles. The summed E-state index contributed by atoms with van der Waals surface area (Å²) in [4.78, 5) is 0. The number of aromatic nitrogens is 2. The SMILES string of the molecule is Fc1ccc2c(c1)-c1n[nH]c(Nc3ccccc3)c1C2. The molecule has 0 fully saturated rings. The van der Waals surface area contributed by atoms with Gasteiger partial charge in [0.2, 0.25) is 0 Å². The van der Waals surface area contributed by atoms with E-state index in [0.29, 0.717) is 0 Å². The van der Waals surface area contributed by atoms with E-state index >= 15 is 0 Å². The molecule has 2 N–H and O–H groups in total.